The third-order valence-corrected chi connectivity index (χ3v) is 6.99. The van der Waals surface area contributed by atoms with Gasteiger partial charge in [-0.1, -0.05) is 27.7 Å². The summed E-state index contributed by atoms with van der Waals surface area (Å²) in [5, 5.41) is 0. The van der Waals surface area contributed by atoms with Crippen LogP contribution in [-0.4, -0.2) is 19.4 Å². The zero-order chi connectivity index (χ0) is 19.6. The van der Waals surface area contributed by atoms with Crippen molar-refractivity contribution in [3.8, 4) is 0 Å². The van der Waals surface area contributed by atoms with Gasteiger partial charge in [-0.3, -0.25) is 0 Å². The molecule has 0 radical (unpaired) electrons. The monoisotopic (exact) mass is 376 g/mol. The Balaban J connectivity index is 1.70. The highest BCUT2D eigenvalue weighted by Crippen LogP contribution is 2.50. The second-order valence-corrected chi connectivity index (χ2v) is 10.7. The van der Waals surface area contributed by atoms with Gasteiger partial charge in [-0.15, -0.1) is 0 Å². The van der Waals surface area contributed by atoms with Crippen molar-refractivity contribution in [2.24, 2.45) is 28.6 Å². The molecule has 0 atom stereocenters. The van der Waals surface area contributed by atoms with E-state index in [2.05, 4.69) is 27.7 Å². The second kappa shape index (κ2) is 8.41. The van der Waals surface area contributed by atoms with Crippen molar-refractivity contribution in [2.75, 3.05) is 7.11 Å². The molecular weight excluding hydrogens is 337 g/mol. The van der Waals surface area contributed by atoms with Crippen molar-refractivity contribution >= 4 is 0 Å². The molecule has 0 spiro atoms. The molecule has 0 bridgehead atoms. The summed E-state index contributed by atoms with van der Waals surface area (Å²) in [5.74, 6) is 0.0321. The third kappa shape index (κ3) is 6.73. The first-order chi connectivity index (χ1) is 11.9. The molecule has 0 aliphatic heterocycles. The van der Waals surface area contributed by atoms with Crippen LogP contribution in [0.3, 0.4) is 0 Å². The number of halogens is 3. The van der Waals surface area contributed by atoms with Gasteiger partial charge < -0.3 is 4.74 Å². The summed E-state index contributed by atoms with van der Waals surface area (Å²) in [6, 6.07) is 0. The molecule has 0 amide bonds. The molecule has 0 aromatic rings. The maximum absolute atomic E-state index is 12.7. The summed E-state index contributed by atoms with van der Waals surface area (Å²) >= 11 is 0. The first-order valence-corrected chi connectivity index (χ1v) is 10.5. The van der Waals surface area contributed by atoms with Gasteiger partial charge in [0.25, 0.3) is 0 Å². The van der Waals surface area contributed by atoms with Crippen molar-refractivity contribution < 1.29 is 17.9 Å². The normalized spacial score (nSPS) is 30.9. The number of methoxy groups -OCH3 is 1. The highest BCUT2D eigenvalue weighted by Gasteiger charge is 2.48. The summed E-state index contributed by atoms with van der Waals surface area (Å²) in [5.41, 5.74) is 0.460. The van der Waals surface area contributed by atoms with E-state index in [0.717, 1.165) is 18.8 Å². The molecule has 2 fully saturated rings. The van der Waals surface area contributed by atoms with Crippen LogP contribution in [0.2, 0.25) is 0 Å². The Morgan fingerprint density at radius 2 is 1.23 bits per heavy atom. The SMILES string of the molecule is COC1CCC(CC(C)(C)CCC(C)(C)CC2CC(C(F)(F)F)C2)CC1. The Morgan fingerprint density at radius 3 is 1.65 bits per heavy atom. The van der Waals surface area contributed by atoms with Crippen LogP contribution in [0.1, 0.15) is 91.9 Å². The largest absolute Gasteiger partial charge is 0.391 e. The lowest BCUT2D eigenvalue weighted by Gasteiger charge is -2.42. The smallest absolute Gasteiger partial charge is 0.381 e. The number of hydrogen-bond acceptors (Lipinski definition) is 1. The zero-order valence-electron chi connectivity index (χ0n) is 17.4. The van der Waals surface area contributed by atoms with Gasteiger partial charge in [-0.25, -0.2) is 0 Å². The summed E-state index contributed by atoms with van der Waals surface area (Å²) in [4.78, 5) is 0. The van der Waals surface area contributed by atoms with E-state index in [9.17, 15) is 13.2 Å². The van der Waals surface area contributed by atoms with Gasteiger partial charge in [0, 0.05) is 7.11 Å². The molecule has 0 heterocycles. The average Bonchev–Trinajstić information content (AvgIpc) is 2.48. The van der Waals surface area contributed by atoms with Crippen LogP contribution < -0.4 is 0 Å². The first kappa shape index (κ1) is 22.0. The minimum absolute atomic E-state index is 0.145. The molecule has 2 aliphatic carbocycles. The van der Waals surface area contributed by atoms with Crippen LogP contribution in [0.15, 0.2) is 0 Å². The maximum Gasteiger partial charge on any atom is 0.391 e. The molecule has 0 aromatic heterocycles. The third-order valence-electron chi connectivity index (χ3n) is 6.99. The molecular formula is C22H39F3O. The van der Waals surface area contributed by atoms with Gasteiger partial charge in [0.15, 0.2) is 0 Å². The van der Waals surface area contributed by atoms with E-state index in [1.165, 1.54) is 38.5 Å². The summed E-state index contributed by atoms with van der Waals surface area (Å²) in [7, 11) is 1.82. The number of rotatable bonds is 8. The molecule has 4 heteroatoms. The summed E-state index contributed by atoms with van der Waals surface area (Å²) in [6.07, 6.45) is 6.56. The minimum Gasteiger partial charge on any atom is -0.381 e. The minimum atomic E-state index is -3.98. The molecule has 0 unspecified atom stereocenters. The summed E-state index contributed by atoms with van der Waals surface area (Å²) in [6.45, 7) is 9.23. The van der Waals surface area contributed by atoms with Crippen molar-refractivity contribution in [1.82, 2.24) is 0 Å². The zero-order valence-corrected chi connectivity index (χ0v) is 17.4. The highest BCUT2D eigenvalue weighted by atomic mass is 19.4. The standard InChI is InChI=1S/C22H39F3O/c1-20(2,14-16-6-8-19(26-5)9-7-16)10-11-21(3,4)15-17-12-18(13-17)22(23,24)25/h16-19H,6-15H2,1-5H3. The predicted molar refractivity (Wildman–Crippen MR) is 101 cm³/mol. The molecule has 2 aliphatic rings. The van der Waals surface area contributed by atoms with Crippen LogP contribution in [0, 0.1) is 28.6 Å². The lowest BCUT2D eigenvalue weighted by Crippen LogP contribution is -2.37. The van der Waals surface area contributed by atoms with E-state index in [0.29, 0.717) is 24.4 Å². The van der Waals surface area contributed by atoms with Crippen LogP contribution in [0.4, 0.5) is 13.2 Å². The quantitative estimate of drug-likeness (QED) is 0.429. The number of hydrogen-bond donors (Lipinski definition) is 0. The van der Waals surface area contributed by atoms with E-state index in [-0.39, 0.29) is 11.3 Å². The Morgan fingerprint density at radius 1 is 0.769 bits per heavy atom. The molecule has 2 rings (SSSR count). The highest BCUT2D eigenvalue weighted by molar-refractivity contribution is 4.88. The van der Waals surface area contributed by atoms with Gasteiger partial charge in [0.05, 0.1) is 12.0 Å². The second-order valence-electron chi connectivity index (χ2n) is 10.7. The van der Waals surface area contributed by atoms with Crippen molar-refractivity contribution in [1.29, 1.82) is 0 Å². The average molecular weight is 377 g/mol. The number of ether oxygens (including phenoxy) is 1. The Kier molecular flexibility index (Phi) is 7.13. The van der Waals surface area contributed by atoms with Gasteiger partial charge >= 0.3 is 6.18 Å². The van der Waals surface area contributed by atoms with Crippen molar-refractivity contribution in [3.05, 3.63) is 0 Å². The fourth-order valence-corrected chi connectivity index (χ4v) is 5.19. The van der Waals surface area contributed by atoms with E-state index < -0.39 is 12.1 Å². The van der Waals surface area contributed by atoms with Crippen molar-refractivity contribution in [2.45, 2.75) is 104 Å². The van der Waals surface area contributed by atoms with E-state index in [1.807, 2.05) is 7.11 Å². The van der Waals surface area contributed by atoms with Gasteiger partial charge in [0.1, 0.15) is 0 Å². The van der Waals surface area contributed by atoms with Gasteiger partial charge in [-0.05, 0) is 86.9 Å². The van der Waals surface area contributed by atoms with Crippen LogP contribution in [0.25, 0.3) is 0 Å². The van der Waals surface area contributed by atoms with Crippen molar-refractivity contribution in [3.63, 3.8) is 0 Å². The van der Waals surface area contributed by atoms with E-state index >= 15 is 0 Å². The van der Waals surface area contributed by atoms with Crippen LogP contribution in [0.5, 0.6) is 0 Å². The molecule has 154 valence electrons. The molecule has 1 nitrogen and oxygen atoms in total. The first-order valence-electron chi connectivity index (χ1n) is 10.5. The molecule has 26 heavy (non-hydrogen) atoms. The lowest BCUT2D eigenvalue weighted by molar-refractivity contribution is -0.206. The van der Waals surface area contributed by atoms with E-state index in [4.69, 9.17) is 4.74 Å². The molecule has 0 aromatic carbocycles. The van der Waals surface area contributed by atoms with Gasteiger partial charge in [-0.2, -0.15) is 13.2 Å². The topological polar surface area (TPSA) is 9.23 Å². The predicted octanol–water partition coefficient (Wildman–Crippen LogP) is 7.39. The molecule has 2 saturated carbocycles. The van der Waals surface area contributed by atoms with Crippen LogP contribution in [-0.2, 0) is 4.74 Å². The summed E-state index contributed by atoms with van der Waals surface area (Å²) < 4.78 is 43.5. The Bertz CT molecular complexity index is 427. The Labute approximate surface area is 158 Å². The fourth-order valence-electron chi connectivity index (χ4n) is 5.19. The van der Waals surface area contributed by atoms with E-state index in [1.54, 1.807) is 0 Å². The molecule has 0 saturated heterocycles. The number of alkyl halides is 3. The lowest BCUT2D eigenvalue weighted by atomic mass is 9.65. The Hall–Kier alpha value is -0.250. The molecule has 0 N–H and O–H groups in total. The maximum atomic E-state index is 12.7. The van der Waals surface area contributed by atoms with Crippen LogP contribution >= 0.6 is 0 Å². The van der Waals surface area contributed by atoms with Gasteiger partial charge in [0.2, 0.25) is 0 Å². The fraction of sp³-hybridized carbons (Fsp3) is 1.00.